The summed E-state index contributed by atoms with van der Waals surface area (Å²) in [6, 6.07) is 9.98. The van der Waals surface area contributed by atoms with Crippen molar-refractivity contribution in [2.24, 2.45) is 5.41 Å². The zero-order valence-electron chi connectivity index (χ0n) is 18.1. The van der Waals surface area contributed by atoms with E-state index in [2.05, 4.69) is 4.90 Å². The van der Waals surface area contributed by atoms with Crippen LogP contribution in [0.2, 0.25) is 0 Å². The highest BCUT2D eigenvalue weighted by atomic mass is 19.2. The number of carbonyl (C=O) groups is 1. The van der Waals surface area contributed by atoms with Gasteiger partial charge in [-0.15, -0.1) is 0 Å². The summed E-state index contributed by atoms with van der Waals surface area (Å²) >= 11 is 0. The first-order valence-corrected chi connectivity index (χ1v) is 11.3. The van der Waals surface area contributed by atoms with Gasteiger partial charge in [0.05, 0.1) is 0 Å². The van der Waals surface area contributed by atoms with Gasteiger partial charge in [0.25, 0.3) is 0 Å². The number of likely N-dealkylation sites (tertiary alicyclic amines) is 2. The third-order valence-electron chi connectivity index (χ3n) is 6.99. The van der Waals surface area contributed by atoms with Crippen LogP contribution >= 0.6 is 0 Å². The number of nitrogens with zero attached hydrogens (tertiary/aromatic N) is 2. The molecule has 32 heavy (non-hydrogen) atoms. The molecule has 5 rings (SSSR count). The average molecular weight is 443 g/mol. The lowest BCUT2D eigenvalue weighted by molar-refractivity contribution is -0.130. The number of amides is 1. The van der Waals surface area contributed by atoms with Crippen LogP contribution in [-0.2, 0) is 17.8 Å². The molecular weight excluding hydrogens is 414 g/mol. The smallest absolute Gasteiger partial charge is 0.231 e. The quantitative estimate of drug-likeness (QED) is 0.698. The Morgan fingerprint density at radius 2 is 1.78 bits per heavy atom. The van der Waals surface area contributed by atoms with Crippen LogP contribution in [0, 0.1) is 17.0 Å². The number of rotatable bonds is 5. The number of ether oxygens (including phenoxy) is 2. The molecule has 0 N–H and O–H groups in total. The molecule has 7 heteroatoms. The van der Waals surface area contributed by atoms with E-state index in [1.807, 2.05) is 23.1 Å². The first kappa shape index (κ1) is 21.2. The molecule has 5 nitrogen and oxygen atoms in total. The Labute approximate surface area is 186 Å². The minimum atomic E-state index is -0.811. The summed E-state index contributed by atoms with van der Waals surface area (Å²) < 4.78 is 37.6. The molecule has 2 aromatic rings. The van der Waals surface area contributed by atoms with Gasteiger partial charge in [-0.25, -0.2) is 8.78 Å². The second-order valence-corrected chi connectivity index (χ2v) is 9.32. The summed E-state index contributed by atoms with van der Waals surface area (Å²) in [6.45, 7) is 4.26. The number of hydrogen-bond donors (Lipinski definition) is 0. The van der Waals surface area contributed by atoms with E-state index in [9.17, 15) is 13.6 Å². The summed E-state index contributed by atoms with van der Waals surface area (Å²) in [5, 5.41) is 0. The van der Waals surface area contributed by atoms with E-state index in [0.29, 0.717) is 19.4 Å². The predicted molar refractivity (Wildman–Crippen MR) is 115 cm³/mol. The third kappa shape index (κ3) is 4.44. The first-order chi connectivity index (χ1) is 15.5. The summed E-state index contributed by atoms with van der Waals surface area (Å²) in [6.07, 6.45) is 4.32. The topological polar surface area (TPSA) is 42.0 Å². The van der Waals surface area contributed by atoms with Crippen LogP contribution in [-0.4, -0.2) is 48.7 Å². The number of benzene rings is 2. The average Bonchev–Trinajstić information content (AvgIpc) is 3.42. The van der Waals surface area contributed by atoms with Gasteiger partial charge in [0, 0.05) is 38.0 Å². The lowest BCUT2D eigenvalue weighted by atomic mass is 9.79. The van der Waals surface area contributed by atoms with E-state index >= 15 is 0 Å². The highest BCUT2D eigenvalue weighted by molar-refractivity contribution is 5.77. The van der Waals surface area contributed by atoms with E-state index in [4.69, 9.17) is 9.47 Å². The van der Waals surface area contributed by atoms with Crippen molar-refractivity contribution in [3.05, 3.63) is 59.2 Å². The Hall–Kier alpha value is -2.67. The van der Waals surface area contributed by atoms with E-state index in [-0.39, 0.29) is 18.1 Å². The van der Waals surface area contributed by atoms with Crippen molar-refractivity contribution < 1.29 is 23.0 Å². The molecule has 3 aliphatic rings. The van der Waals surface area contributed by atoms with Gasteiger partial charge in [0.15, 0.2) is 23.1 Å². The fourth-order valence-corrected chi connectivity index (χ4v) is 5.33. The minimum Gasteiger partial charge on any atom is -0.454 e. The van der Waals surface area contributed by atoms with Crippen molar-refractivity contribution in [1.29, 1.82) is 0 Å². The standard InChI is InChI=1S/C25H28F2N2O3/c26-20-5-2-19(12-21(20)27)14-28-10-1-8-25(15-28)9-11-29(16-25)24(30)7-4-18-3-6-22-23(13-18)32-17-31-22/h2-3,5-6,12-13H,1,4,7-11,14-17H2. The van der Waals surface area contributed by atoms with Crippen LogP contribution < -0.4 is 9.47 Å². The van der Waals surface area contributed by atoms with E-state index in [0.717, 1.165) is 68.1 Å². The third-order valence-corrected chi connectivity index (χ3v) is 6.99. The Balaban J connectivity index is 1.15. The van der Waals surface area contributed by atoms with Gasteiger partial charge in [-0.05, 0) is 67.6 Å². The minimum absolute atomic E-state index is 0.102. The van der Waals surface area contributed by atoms with Crippen molar-refractivity contribution in [1.82, 2.24) is 9.80 Å². The maximum Gasteiger partial charge on any atom is 0.231 e. The van der Waals surface area contributed by atoms with Gasteiger partial charge in [-0.2, -0.15) is 0 Å². The Bertz CT molecular complexity index is 1010. The van der Waals surface area contributed by atoms with Crippen LogP contribution in [0.25, 0.3) is 0 Å². The molecule has 0 bridgehead atoms. The Morgan fingerprint density at radius 3 is 2.66 bits per heavy atom. The van der Waals surface area contributed by atoms with E-state index < -0.39 is 11.6 Å². The molecule has 1 amide bonds. The molecule has 1 unspecified atom stereocenters. The molecule has 1 spiro atoms. The lowest BCUT2D eigenvalue weighted by Gasteiger charge is -2.40. The van der Waals surface area contributed by atoms with Crippen LogP contribution in [0.4, 0.5) is 8.78 Å². The van der Waals surface area contributed by atoms with Gasteiger partial charge in [-0.3, -0.25) is 9.69 Å². The Kier molecular flexibility index (Phi) is 5.76. The van der Waals surface area contributed by atoms with Crippen molar-refractivity contribution in [3.8, 4) is 11.5 Å². The van der Waals surface area contributed by atoms with Crippen molar-refractivity contribution >= 4 is 5.91 Å². The maximum atomic E-state index is 13.6. The molecule has 0 saturated carbocycles. The number of hydrogen-bond acceptors (Lipinski definition) is 4. The molecular formula is C25H28F2N2O3. The normalized spacial score (nSPS) is 22.6. The molecule has 0 aromatic heterocycles. The van der Waals surface area contributed by atoms with Crippen LogP contribution in [0.5, 0.6) is 11.5 Å². The van der Waals surface area contributed by atoms with E-state index in [1.165, 1.54) is 12.1 Å². The van der Waals surface area contributed by atoms with Gasteiger partial charge >= 0.3 is 0 Å². The summed E-state index contributed by atoms with van der Waals surface area (Å²) in [4.78, 5) is 17.2. The van der Waals surface area contributed by atoms with Gasteiger partial charge < -0.3 is 14.4 Å². The molecule has 0 radical (unpaired) electrons. The van der Waals surface area contributed by atoms with Crippen LogP contribution in [0.1, 0.15) is 36.8 Å². The zero-order valence-corrected chi connectivity index (χ0v) is 18.1. The van der Waals surface area contributed by atoms with Gasteiger partial charge in [-0.1, -0.05) is 12.1 Å². The van der Waals surface area contributed by atoms with Crippen molar-refractivity contribution in [3.63, 3.8) is 0 Å². The molecule has 3 aliphatic heterocycles. The molecule has 1 atom stereocenters. The SMILES string of the molecule is O=C(CCc1ccc2c(c1)OCO2)N1CCC2(CCCN(Cc3ccc(F)c(F)c3)C2)C1. The lowest BCUT2D eigenvalue weighted by Crippen LogP contribution is -2.45. The van der Waals surface area contributed by atoms with Gasteiger partial charge in [0.2, 0.25) is 12.7 Å². The summed E-state index contributed by atoms with van der Waals surface area (Å²) in [7, 11) is 0. The summed E-state index contributed by atoms with van der Waals surface area (Å²) in [5.74, 6) is 0.0892. The largest absolute Gasteiger partial charge is 0.454 e. The molecule has 2 saturated heterocycles. The second kappa shape index (κ2) is 8.70. The van der Waals surface area contributed by atoms with Crippen LogP contribution in [0.15, 0.2) is 36.4 Å². The molecule has 2 fully saturated rings. The summed E-state index contributed by atoms with van der Waals surface area (Å²) in [5.41, 5.74) is 1.97. The Morgan fingerprint density at radius 1 is 0.938 bits per heavy atom. The fourth-order valence-electron chi connectivity index (χ4n) is 5.33. The van der Waals surface area contributed by atoms with Crippen molar-refractivity contribution in [2.75, 3.05) is 33.0 Å². The monoisotopic (exact) mass is 442 g/mol. The van der Waals surface area contributed by atoms with E-state index in [1.54, 1.807) is 6.07 Å². The van der Waals surface area contributed by atoms with Gasteiger partial charge in [0.1, 0.15) is 0 Å². The second-order valence-electron chi connectivity index (χ2n) is 9.32. The maximum absolute atomic E-state index is 13.6. The highest BCUT2D eigenvalue weighted by Crippen LogP contribution is 2.40. The fraction of sp³-hybridized carbons (Fsp3) is 0.480. The van der Waals surface area contributed by atoms with Crippen molar-refractivity contribution in [2.45, 2.75) is 38.6 Å². The molecule has 0 aliphatic carbocycles. The number of aryl methyl sites for hydroxylation is 1. The number of halogens is 2. The number of fused-ring (bicyclic) bond motifs is 1. The first-order valence-electron chi connectivity index (χ1n) is 11.3. The number of piperidine rings is 1. The zero-order chi connectivity index (χ0) is 22.1. The molecule has 2 aromatic carbocycles. The molecule has 170 valence electrons. The predicted octanol–water partition coefficient (Wildman–Crippen LogP) is 4.14. The van der Waals surface area contributed by atoms with Crippen LogP contribution in [0.3, 0.4) is 0 Å². The highest BCUT2D eigenvalue weighted by Gasteiger charge is 2.42. The molecule has 3 heterocycles. The number of carbonyl (C=O) groups excluding carboxylic acids is 1.